The summed E-state index contributed by atoms with van der Waals surface area (Å²) < 4.78 is 0.649. The fourth-order valence-electron chi connectivity index (χ4n) is 0.907. The lowest BCUT2D eigenvalue weighted by Gasteiger charge is -2.04. The molecule has 1 aromatic heterocycles. The summed E-state index contributed by atoms with van der Waals surface area (Å²) in [4.78, 5) is 13.7. The van der Waals surface area contributed by atoms with Gasteiger partial charge >= 0.3 is 5.82 Å². The molecule has 5 nitrogen and oxygen atoms in total. The molecule has 0 aliphatic heterocycles. The van der Waals surface area contributed by atoms with Gasteiger partial charge in [0.15, 0.2) is 0 Å². The fraction of sp³-hybridized carbons (Fsp3) is 0.286. The zero-order valence-electron chi connectivity index (χ0n) is 6.95. The maximum atomic E-state index is 10.5. The van der Waals surface area contributed by atoms with Crippen molar-refractivity contribution in [3.63, 3.8) is 0 Å². The fourth-order valence-corrected chi connectivity index (χ4v) is 1.34. The van der Waals surface area contributed by atoms with Gasteiger partial charge in [-0.25, -0.2) is 0 Å². The molecule has 0 radical (unpaired) electrons. The minimum absolute atomic E-state index is 0.156. The molecule has 0 spiro atoms. The Morgan fingerprint density at radius 2 is 2.46 bits per heavy atom. The van der Waals surface area contributed by atoms with Crippen LogP contribution >= 0.6 is 15.9 Å². The number of aromatic nitrogens is 1. The first-order valence-corrected chi connectivity index (χ1v) is 4.49. The minimum Gasteiger partial charge on any atom is -0.377 e. The maximum Gasteiger partial charge on any atom is 0.388 e. The van der Waals surface area contributed by atoms with Crippen LogP contribution in [0, 0.1) is 10.1 Å². The summed E-state index contributed by atoms with van der Waals surface area (Å²) in [5, 5.41) is 13.4. The Balaban J connectivity index is 3.17. The van der Waals surface area contributed by atoms with Crippen molar-refractivity contribution in [2.75, 3.05) is 11.9 Å². The molecule has 0 bridgehead atoms. The largest absolute Gasteiger partial charge is 0.388 e. The molecular weight excluding hydrogens is 238 g/mol. The Kier molecular flexibility index (Phi) is 3.18. The standard InChI is InChI=1S/C7H8BrN3O2/c1-2-9-6-5(8)3-4-10-7(6)11(12)13/h3-4,9H,2H2,1H3. The van der Waals surface area contributed by atoms with Crippen LogP contribution in [0.2, 0.25) is 0 Å². The second kappa shape index (κ2) is 4.18. The van der Waals surface area contributed by atoms with E-state index in [-0.39, 0.29) is 5.82 Å². The van der Waals surface area contributed by atoms with E-state index in [1.54, 1.807) is 6.07 Å². The van der Waals surface area contributed by atoms with Gasteiger partial charge in [-0.05, 0) is 38.8 Å². The highest BCUT2D eigenvalue weighted by molar-refractivity contribution is 9.10. The average Bonchev–Trinajstić information content (AvgIpc) is 2.08. The smallest absolute Gasteiger partial charge is 0.377 e. The first-order chi connectivity index (χ1) is 6.16. The second-order valence-corrected chi connectivity index (χ2v) is 3.13. The molecule has 0 saturated heterocycles. The number of nitrogens with zero attached hydrogens (tertiary/aromatic N) is 2. The molecule has 0 aliphatic rings. The van der Waals surface area contributed by atoms with E-state index in [0.29, 0.717) is 16.7 Å². The Morgan fingerprint density at radius 1 is 1.77 bits per heavy atom. The van der Waals surface area contributed by atoms with Crippen molar-refractivity contribution in [2.24, 2.45) is 0 Å². The van der Waals surface area contributed by atoms with E-state index in [4.69, 9.17) is 0 Å². The van der Waals surface area contributed by atoms with Gasteiger partial charge in [0.1, 0.15) is 11.9 Å². The second-order valence-electron chi connectivity index (χ2n) is 2.28. The third-order valence-electron chi connectivity index (χ3n) is 1.41. The molecule has 70 valence electrons. The number of anilines is 1. The zero-order chi connectivity index (χ0) is 9.84. The quantitative estimate of drug-likeness (QED) is 0.655. The van der Waals surface area contributed by atoms with Gasteiger partial charge < -0.3 is 15.4 Å². The molecule has 1 N–H and O–H groups in total. The SMILES string of the molecule is CCNc1c(Br)ccnc1[N+](=O)[O-]. The summed E-state index contributed by atoms with van der Waals surface area (Å²) in [6.45, 7) is 2.48. The van der Waals surface area contributed by atoms with Crippen molar-refractivity contribution in [3.05, 3.63) is 26.9 Å². The minimum atomic E-state index is -0.511. The Hall–Kier alpha value is -1.17. The zero-order valence-corrected chi connectivity index (χ0v) is 8.54. The van der Waals surface area contributed by atoms with Gasteiger partial charge in [-0.15, -0.1) is 0 Å². The number of hydrogen-bond acceptors (Lipinski definition) is 4. The molecule has 0 aliphatic carbocycles. The van der Waals surface area contributed by atoms with Crippen LogP contribution < -0.4 is 5.32 Å². The molecule has 0 aromatic carbocycles. The van der Waals surface area contributed by atoms with E-state index in [9.17, 15) is 10.1 Å². The van der Waals surface area contributed by atoms with Crippen molar-refractivity contribution >= 4 is 27.4 Å². The molecule has 0 unspecified atom stereocenters. The Labute approximate surface area is 83.5 Å². The molecular formula is C7H8BrN3O2. The Morgan fingerprint density at radius 3 is 3.00 bits per heavy atom. The van der Waals surface area contributed by atoms with Crippen molar-refractivity contribution in [2.45, 2.75) is 6.92 Å². The van der Waals surface area contributed by atoms with Crippen molar-refractivity contribution in [1.82, 2.24) is 4.98 Å². The lowest BCUT2D eigenvalue weighted by Crippen LogP contribution is -2.03. The van der Waals surface area contributed by atoms with Crippen molar-refractivity contribution in [3.8, 4) is 0 Å². The van der Waals surface area contributed by atoms with E-state index in [0.717, 1.165) is 0 Å². The van der Waals surface area contributed by atoms with Crippen molar-refractivity contribution in [1.29, 1.82) is 0 Å². The van der Waals surface area contributed by atoms with Crippen LogP contribution in [0.25, 0.3) is 0 Å². The van der Waals surface area contributed by atoms with E-state index in [2.05, 4.69) is 26.2 Å². The lowest BCUT2D eigenvalue weighted by molar-refractivity contribution is -0.388. The average molecular weight is 246 g/mol. The highest BCUT2D eigenvalue weighted by Crippen LogP contribution is 2.29. The molecule has 0 fully saturated rings. The van der Waals surface area contributed by atoms with E-state index < -0.39 is 4.92 Å². The predicted molar refractivity (Wildman–Crippen MR) is 52.8 cm³/mol. The van der Waals surface area contributed by atoms with Crippen LogP contribution in [-0.2, 0) is 0 Å². The molecule has 0 saturated carbocycles. The van der Waals surface area contributed by atoms with Gasteiger partial charge in [0.05, 0.1) is 4.47 Å². The number of hydrogen-bond donors (Lipinski definition) is 1. The number of nitro groups is 1. The summed E-state index contributed by atoms with van der Waals surface area (Å²) in [6, 6.07) is 1.66. The first-order valence-electron chi connectivity index (χ1n) is 3.69. The molecule has 6 heteroatoms. The molecule has 13 heavy (non-hydrogen) atoms. The third-order valence-corrected chi connectivity index (χ3v) is 2.07. The van der Waals surface area contributed by atoms with Crippen LogP contribution in [0.5, 0.6) is 0 Å². The molecule has 0 atom stereocenters. The maximum absolute atomic E-state index is 10.5. The van der Waals surface area contributed by atoms with Gasteiger partial charge in [0.25, 0.3) is 0 Å². The van der Waals surface area contributed by atoms with Crippen LogP contribution in [0.15, 0.2) is 16.7 Å². The Bertz CT molecular complexity index is 330. The third kappa shape index (κ3) is 2.15. The van der Waals surface area contributed by atoms with E-state index in [1.807, 2.05) is 6.92 Å². The van der Waals surface area contributed by atoms with Gasteiger partial charge in [0, 0.05) is 6.54 Å². The predicted octanol–water partition coefficient (Wildman–Crippen LogP) is 2.18. The summed E-state index contributed by atoms with van der Waals surface area (Å²) in [6.07, 6.45) is 1.39. The highest BCUT2D eigenvalue weighted by atomic mass is 79.9. The van der Waals surface area contributed by atoms with E-state index in [1.165, 1.54) is 6.20 Å². The summed E-state index contributed by atoms with van der Waals surface area (Å²) in [5.41, 5.74) is 0.426. The van der Waals surface area contributed by atoms with Gasteiger partial charge in [-0.3, -0.25) is 0 Å². The summed E-state index contributed by atoms with van der Waals surface area (Å²) in [7, 11) is 0. The van der Waals surface area contributed by atoms with Crippen LogP contribution in [-0.4, -0.2) is 16.5 Å². The van der Waals surface area contributed by atoms with Crippen LogP contribution in [0.1, 0.15) is 6.92 Å². The number of rotatable bonds is 3. The molecule has 1 rings (SSSR count). The topological polar surface area (TPSA) is 68.1 Å². The van der Waals surface area contributed by atoms with Gasteiger partial charge in [-0.1, -0.05) is 0 Å². The van der Waals surface area contributed by atoms with E-state index >= 15 is 0 Å². The lowest BCUT2D eigenvalue weighted by atomic mass is 10.4. The van der Waals surface area contributed by atoms with Crippen LogP contribution in [0.3, 0.4) is 0 Å². The highest BCUT2D eigenvalue weighted by Gasteiger charge is 2.16. The summed E-state index contributed by atoms with van der Waals surface area (Å²) in [5.74, 6) is -0.156. The first kappa shape index (κ1) is 9.91. The number of halogens is 1. The number of pyridine rings is 1. The van der Waals surface area contributed by atoms with Gasteiger partial charge in [-0.2, -0.15) is 0 Å². The van der Waals surface area contributed by atoms with Gasteiger partial charge in [0.2, 0.25) is 0 Å². The summed E-state index contributed by atoms with van der Waals surface area (Å²) >= 11 is 3.21. The monoisotopic (exact) mass is 245 g/mol. The molecule has 0 amide bonds. The molecule has 1 aromatic rings. The van der Waals surface area contributed by atoms with Crippen molar-refractivity contribution < 1.29 is 4.92 Å². The molecule has 1 heterocycles. The number of nitrogens with one attached hydrogen (secondary N) is 1. The van der Waals surface area contributed by atoms with Crippen LogP contribution in [0.4, 0.5) is 11.5 Å². The normalized spacial score (nSPS) is 9.69.